The van der Waals surface area contributed by atoms with Gasteiger partial charge in [-0.15, -0.1) is 4.91 Å². The molecule has 0 saturated heterocycles. The van der Waals surface area contributed by atoms with Crippen molar-refractivity contribution in [3.63, 3.8) is 0 Å². The van der Waals surface area contributed by atoms with Crippen LogP contribution in [0, 0.1) is 11.8 Å². The third-order valence-corrected chi connectivity index (χ3v) is 2.49. The third-order valence-electron chi connectivity index (χ3n) is 2.49. The molecule has 0 bridgehead atoms. The van der Waals surface area contributed by atoms with Crippen LogP contribution in [-0.2, 0) is 0 Å². The highest BCUT2D eigenvalue weighted by Crippen LogP contribution is 2.23. The van der Waals surface area contributed by atoms with E-state index in [9.17, 15) is 9.70 Å². The van der Waals surface area contributed by atoms with Gasteiger partial charge in [0.2, 0.25) is 0 Å². The van der Waals surface area contributed by atoms with Crippen LogP contribution in [0.25, 0.3) is 0 Å². The van der Waals surface area contributed by atoms with Gasteiger partial charge in [-0.25, -0.2) is 4.79 Å². The predicted octanol–water partition coefficient (Wildman–Crippen LogP) is 3.61. The van der Waals surface area contributed by atoms with Gasteiger partial charge < -0.3 is 4.74 Å². The van der Waals surface area contributed by atoms with Gasteiger partial charge in [0.15, 0.2) is 0 Å². The molecule has 0 amide bonds. The Labute approximate surface area is 104 Å². The van der Waals surface area contributed by atoms with E-state index in [1.807, 2.05) is 6.07 Å². The summed E-state index contributed by atoms with van der Waals surface area (Å²) in [6, 6.07) is 13.4. The molecule has 0 aliphatic heterocycles. The largest absolute Gasteiger partial charge is 0.423 e. The summed E-state index contributed by atoms with van der Waals surface area (Å²) in [6.07, 6.45) is 0. The van der Waals surface area contributed by atoms with Gasteiger partial charge in [-0.1, -0.05) is 18.2 Å². The normalized spacial score (nSPS) is 9.83. The van der Waals surface area contributed by atoms with Gasteiger partial charge >= 0.3 is 5.97 Å². The quantitative estimate of drug-likeness (QED) is 0.468. The van der Waals surface area contributed by atoms with Crippen molar-refractivity contribution in [1.82, 2.24) is 0 Å². The Balaban J connectivity index is 2.17. The molecule has 0 aromatic heterocycles. The molecule has 4 nitrogen and oxygen atoms in total. The zero-order valence-electron chi connectivity index (χ0n) is 9.79. The lowest BCUT2D eigenvalue weighted by atomic mass is 10.2. The predicted molar refractivity (Wildman–Crippen MR) is 68.0 cm³/mol. The summed E-state index contributed by atoms with van der Waals surface area (Å²) in [5.74, 6) is -0.0319. The van der Waals surface area contributed by atoms with Crippen LogP contribution in [0.15, 0.2) is 53.7 Å². The van der Waals surface area contributed by atoms with Crippen molar-refractivity contribution < 1.29 is 9.53 Å². The highest BCUT2D eigenvalue weighted by Gasteiger charge is 2.08. The molecule has 90 valence electrons. The number of esters is 1. The molecule has 4 heteroatoms. The van der Waals surface area contributed by atoms with Crippen LogP contribution < -0.4 is 4.74 Å². The number of nitroso groups, excluding NO2 is 1. The van der Waals surface area contributed by atoms with Crippen LogP contribution >= 0.6 is 0 Å². The lowest BCUT2D eigenvalue weighted by molar-refractivity contribution is 0.0735. The molecule has 0 saturated carbocycles. The van der Waals surface area contributed by atoms with Crippen molar-refractivity contribution in [3.05, 3.63) is 64.6 Å². The summed E-state index contributed by atoms with van der Waals surface area (Å²) in [6.45, 7) is 1.73. The van der Waals surface area contributed by atoms with E-state index in [0.717, 1.165) is 0 Å². The lowest BCUT2D eigenvalue weighted by Crippen LogP contribution is -2.08. The number of carbonyl (C=O) groups is 1. The average Bonchev–Trinajstić information content (AvgIpc) is 2.40. The van der Waals surface area contributed by atoms with E-state index in [2.05, 4.69) is 5.18 Å². The summed E-state index contributed by atoms with van der Waals surface area (Å²) >= 11 is 0. The van der Waals surface area contributed by atoms with Gasteiger partial charge in [-0.3, -0.25) is 0 Å². The first-order chi connectivity index (χ1) is 8.70. The Morgan fingerprint density at radius 1 is 1.11 bits per heavy atom. The van der Waals surface area contributed by atoms with Gasteiger partial charge in [0.1, 0.15) is 11.4 Å². The molecule has 18 heavy (non-hydrogen) atoms. The molecule has 2 rings (SSSR count). The van der Waals surface area contributed by atoms with Crippen molar-refractivity contribution in [1.29, 1.82) is 0 Å². The lowest BCUT2D eigenvalue weighted by Gasteiger charge is -2.05. The molecular formula is C14H11NO3. The maximum absolute atomic E-state index is 11.8. The summed E-state index contributed by atoms with van der Waals surface area (Å²) in [5.41, 5.74) is 1.49. The topological polar surface area (TPSA) is 55.7 Å². The second-order valence-corrected chi connectivity index (χ2v) is 3.80. The minimum atomic E-state index is -0.429. The molecule has 0 aliphatic carbocycles. The van der Waals surface area contributed by atoms with Crippen molar-refractivity contribution >= 4 is 11.7 Å². The Hall–Kier alpha value is -2.49. The van der Waals surface area contributed by atoms with Crippen LogP contribution in [0.3, 0.4) is 0 Å². The second-order valence-electron chi connectivity index (χ2n) is 3.80. The van der Waals surface area contributed by atoms with E-state index in [4.69, 9.17) is 4.74 Å². The van der Waals surface area contributed by atoms with E-state index >= 15 is 0 Å². The number of carbonyl (C=O) groups excluding carboxylic acids is 1. The zero-order chi connectivity index (χ0) is 13.0. The molecule has 2 aromatic rings. The molecule has 0 unspecified atom stereocenters. The Morgan fingerprint density at radius 2 is 1.83 bits per heavy atom. The number of ether oxygens (including phenoxy) is 1. The monoisotopic (exact) mass is 241 g/mol. The van der Waals surface area contributed by atoms with Crippen molar-refractivity contribution in [2.24, 2.45) is 5.18 Å². The molecule has 0 N–H and O–H groups in total. The Kier molecular flexibility index (Phi) is 3.48. The van der Waals surface area contributed by atoms with Crippen LogP contribution in [0.2, 0.25) is 0 Å². The minimum Gasteiger partial charge on any atom is -0.423 e. The molecule has 0 aliphatic rings. The van der Waals surface area contributed by atoms with Crippen LogP contribution in [0.1, 0.15) is 15.9 Å². The average molecular weight is 241 g/mol. The highest BCUT2D eigenvalue weighted by molar-refractivity contribution is 5.91. The first-order valence-corrected chi connectivity index (χ1v) is 5.42. The number of rotatable bonds is 3. The molecule has 0 atom stereocenters. The SMILES string of the molecule is Cc1cc(OC(=O)c2ccccc2)ccc1N=O. The van der Waals surface area contributed by atoms with Crippen molar-refractivity contribution in [3.8, 4) is 5.75 Å². The van der Waals surface area contributed by atoms with Crippen molar-refractivity contribution in [2.45, 2.75) is 6.92 Å². The fraction of sp³-hybridized carbons (Fsp3) is 0.0714. The summed E-state index contributed by atoms with van der Waals surface area (Å²) in [7, 11) is 0. The number of aryl methyl sites for hydroxylation is 1. The number of benzene rings is 2. The van der Waals surface area contributed by atoms with Crippen molar-refractivity contribution in [2.75, 3.05) is 0 Å². The summed E-state index contributed by atoms with van der Waals surface area (Å²) < 4.78 is 5.20. The summed E-state index contributed by atoms with van der Waals surface area (Å²) in [5, 5.41) is 2.86. The third kappa shape index (κ3) is 2.60. The maximum Gasteiger partial charge on any atom is 0.343 e. The first-order valence-electron chi connectivity index (χ1n) is 5.42. The van der Waals surface area contributed by atoms with E-state index < -0.39 is 5.97 Å². The van der Waals surface area contributed by atoms with E-state index in [-0.39, 0.29) is 0 Å². The molecule has 0 fully saturated rings. The summed E-state index contributed by atoms with van der Waals surface area (Å²) in [4.78, 5) is 22.2. The standard InChI is InChI=1S/C14H11NO3/c1-10-9-12(7-8-13(10)15-17)18-14(16)11-5-3-2-4-6-11/h2-9H,1H3. The maximum atomic E-state index is 11.8. The van der Waals surface area contributed by atoms with Gasteiger partial charge in [-0.2, -0.15) is 0 Å². The van der Waals surface area contributed by atoms with Gasteiger partial charge in [0.25, 0.3) is 0 Å². The van der Waals surface area contributed by atoms with Gasteiger partial charge in [0.05, 0.1) is 5.56 Å². The van der Waals surface area contributed by atoms with E-state index in [0.29, 0.717) is 22.6 Å². The zero-order valence-corrected chi connectivity index (χ0v) is 9.79. The van der Waals surface area contributed by atoms with E-state index in [1.54, 1.807) is 43.3 Å². The Morgan fingerprint density at radius 3 is 2.44 bits per heavy atom. The number of nitrogens with zero attached hydrogens (tertiary/aromatic N) is 1. The molecular weight excluding hydrogens is 230 g/mol. The first kappa shape index (κ1) is 12.0. The molecule has 0 heterocycles. The highest BCUT2D eigenvalue weighted by atomic mass is 16.5. The molecule has 2 aromatic carbocycles. The number of hydrogen-bond donors (Lipinski definition) is 0. The fourth-order valence-corrected chi connectivity index (χ4v) is 1.53. The van der Waals surface area contributed by atoms with Crippen LogP contribution in [-0.4, -0.2) is 5.97 Å². The smallest absolute Gasteiger partial charge is 0.343 e. The molecule has 0 radical (unpaired) electrons. The van der Waals surface area contributed by atoms with Gasteiger partial charge in [0, 0.05) is 0 Å². The minimum absolute atomic E-state index is 0.342. The Bertz CT molecular complexity index is 579. The van der Waals surface area contributed by atoms with E-state index in [1.165, 1.54) is 6.07 Å². The van der Waals surface area contributed by atoms with Crippen LogP contribution in [0.5, 0.6) is 5.75 Å². The van der Waals surface area contributed by atoms with Crippen LogP contribution in [0.4, 0.5) is 5.69 Å². The van der Waals surface area contributed by atoms with Gasteiger partial charge in [-0.05, 0) is 48.0 Å². The molecule has 0 spiro atoms. The second kappa shape index (κ2) is 5.23. The fourth-order valence-electron chi connectivity index (χ4n) is 1.53. The number of hydrogen-bond acceptors (Lipinski definition) is 4.